The number of hydrogen-bond acceptors (Lipinski definition) is 3. The Kier molecular flexibility index (Phi) is 4.85. The van der Waals surface area contributed by atoms with Gasteiger partial charge in [0.25, 0.3) is 10.1 Å². The molecule has 2 aromatic carbocycles. The van der Waals surface area contributed by atoms with Crippen LogP contribution in [-0.4, -0.2) is 15.0 Å². The van der Waals surface area contributed by atoms with Crippen LogP contribution in [-0.2, 0) is 14.3 Å². The van der Waals surface area contributed by atoms with E-state index in [-0.39, 0.29) is 22.8 Å². The van der Waals surface area contributed by atoms with Gasteiger partial charge >= 0.3 is 0 Å². The average molecular weight is 356 g/mol. The highest BCUT2D eigenvalue weighted by Gasteiger charge is 2.44. The molecule has 0 radical (unpaired) electrons. The molecule has 25 heavy (non-hydrogen) atoms. The van der Waals surface area contributed by atoms with Crippen LogP contribution in [0.1, 0.15) is 31.4 Å². The third-order valence-corrected chi connectivity index (χ3v) is 6.48. The third kappa shape index (κ3) is 3.86. The summed E-state index contributed by atoms with van der Waals surface area (Å²) in [5, 5.41) is 0. The molecule has 0 aliphatic heterocycles. The molecule has 0 bridgehead atoms. The minimum absolute atomic E-state index is 0.0569. The first-order valence-electron chi connectivity index (χ1n) is 8.51. The maximum absolute atomic E-state index is 12.3. The number of rotatable bonds is 5. The molecule has 4 heteroatoms. The first-order chi connectivity index (χ1) is 11.8. The molecule has 1 saturated carbocycles. The van der Waals surface area contributed by atoms with Crippen molar-refractivity contribution < 1.29 is 12.6 Å². The first kappa shape index (κ1) is 17.9. The van der Waals surface area contributed by atoms with Crippen molar-refractivity contribution in [2.24, 2.45) is 11.3 Å². The minimum atomic E-state index is -3.69. The van der Waals surface area contributed by atoms with E-state index in [2.05, 4.69) is 32.1 Å². The second-order valence-corrected chi connectivity index (χ2v) is 8.87. The van der Waals surface area contributed by atoms with Gasteiger partial charge in [-0.3, -0.25) is 4.18 Å². The molecule has 0 spiro atoms. The van der Waals surface area contributed by atoms with E-state index in [4.69, 9.17) is 4.18 Å². The van der Waals surface area contributed by atoms with Crippen LogP contribution in [0, 0.1) is 18.3 Å². The maximum Gasteiger partial charge on any atom is 0.296 e. The molecule has 1 unspecified atom stereocenters. The van der Waals surface area contributed by atoms with Gasteiger partial charge in [-0.25, -0.2) is 0 Å². The molecule has 0 N–H and O–H groups in total. The number of hydrogen-bond donors (Lipinski definition) is 0. The third-order valence-electron chi connectivity index (χ3n) is 5.19. The van der Waals surface area contributed by atoms with Crippen molar-refractivity contribution in [3.63, 3.8) is 0 Å². The molecule has 1 atom stereocenters. The van der Waals surface area contributed by atoms with Crippen LogP contribution in [0.5, 0.6) is 0 Å². The molecular weight excluding hydrogens is 332 g/mol. The predicted octanol–water partition coefficient (Wildman–Crippen LogP) is 4.83. The highest BCUT2D eigenvalue weighted by atomic mass is 32.2. The van der Waals surface area contributed by atoms with Crippen LogP contribution in [0.2, 0.25) is 0 Å². The zero-order chi connectivity index (χ0) is 18.1. The molecule has 2 aromatic rings. The Balaban J connectivity index is 1.65. The van der Waals surface area contributed by atoms with Crippen LogP contribution in [0.25, 0.3) is 6.08 Å². The maximum atomic E-state index is 12.3. The lowest BCUT2D eigenvalue weighted by molar-refractivity contribution is 0.102. The minimum Gasteiger partial charge on any atom is -0.266 e. The van der Waals surface area contributed by atoms with Gasteiger partial charge in [-0.2, -0.15) is 8.42 Å². The van der Waals surface area contributed by atoms with Crippen molar-refractivity contribution >= 4 is 16.2 Å². The van der Waals surface area contributed by atoms with Gasteiger partial charge in [0, 0.05) is 0 Å². The molecule has 1 fully saturated rings. The van der Waals surface area contributed by atoms with E-state index in [1.165, 1.54) is 11.1 Å². The van der Waals surface area contributed by atoms with E-state index < -0.39 is 10.1 Å². The van der Waals surface area contributed by atoms with Crippen LogP contribution >= 0.6 is 0 Å². The fraction of sp³-hybridized carbons (Fsp3) is 0.333. The summed E-state index contributed by atoms with van der Waals surface area (Å²) in [7, 11) is -3.69. The Labute approximate surface area is 150 Å². The van der Waals surface area contributed by atoms with Gasteiger partial charge in [0.15, 0.2) is 0 Å². The molecule has 3 rings (SSSR count). The Hall–Kier alpha value is -1.91. The van der Waals surface area contributed by atoms with Gasteiger partial charge in [-0.05, 0) is 42.4 Å². The fourth-order valence-electron chi connectivity index (χ4n) is 3.12. The van der Waals surface area contributed by atoms with E-state index in [1.807, 2.05) is 25.1 Å². The smallest absolute Gasteiger partial charge is 0.266 e. The number of benzene rings is 2. The summed E-state index contributed by atoms with van der Waals surface area (Å²) in [6.45, 7) is 6.44. The Bertz CT molecular complexity index is 863. The highest BCUT2D eigenvalue weighted by Crippen LogP contribution is 2.51. The summed E-state index contributed by atoms with van der Waals surface area (Å²) in [6.07, 6.45) is 3.07. The molecule has 3 nitrogen and oxygen atoms in total. The van der Waals surface area contributed by atoms with Gasteiger partial charge in [-0.15, -0.1) is 0 Å². The van der Waals surface area contributed by atoms with Gasteiger partial charge in [0.1, 0.15) is 0 Å². The normalized spacial score (nSPS) is 21.1. The largest absolute Gasteiger partial charge is 0.296 e. The first-order valence-corrected chi connectivity index (χ1v) is 9.92. The molecule has 0 amide bonds. The lowest BCUT2D eigenvalue weighted by atomic mass is 9.58. The van der Waals surface area contributed by atoms with E-state index in [1.54, 1.807) is 24.3 Å². The van der Waals surface area contributed by atoms with Crippen molar-refractivity contribution in [1.82, 2.24) is 0 Å². The van der Waals surface area contributed by atoms with Crippen molar-refractivity contribution in [2.45, 2.75) is 32.1 Å². The van der Waals surface area contributed by atoms with Gasteiger partial charge in [0.05, 0.1) is 11.5 Å². The Morgan fingerprint density at radius 3 is 2.32 bits per heavy atom. The van der Waals surface area contributed by atoms with Crippen LogP contribution in [0.4, 0.5) is 0 Å². The zero-order valence-electron chi connectivity index (χ0n) is 14.9. The fourth-order valence-corrected chi connectivity index (χ4v) is 4.07. The molecular formula is C21H24O3S. The quantitative estimate of drug-likeness (QED) is 0.721. The predicted molar refractivity (Wildman–Crippen MR) is 101 cm³/mol. The molecule has 0 heterocycles. The summed E-state index contributed by atoms with van der Waals surface area (Å²) in [5.41, 5.74) is 3.48. The lowest BCUT2D eigenvalue weighted by Gasteiger charge is -2.47. The van der Waals surface area contributed by atoms with Crippen molar-refractivity contribution in [1.29, 1.82) is 0 Å². The SMILES string of the molecule is Cc1ccc(S(=O)(=O)OCC2CC(=Cc3ccccc3)C2(C)C)cc1. The van der Waals surface area contributed by atoms with Gasteiger partial charge in [0.2, 0.25) is 0 Å². The lowest BCUT2D eigenvalue weighted by Crippen LogP contribution is -2.41. The van der Waals surface area contributed by atoms with E-state index in [0.29, 0.717) is 0 Å². The van der Waals surface area contributed by atoms with Crippen LogP contribution in [0.3, 0.4) is 0 Å². The zero-order valence-corrected chi connectivity index (χ0v) is 15.7. The molecule has 0 saturated heterocycles. The summed E-state index contributed by atoms with van der Waals surface area (Å²) >= 11 is 0. The van der Waals surface area contributed by atoms with Gasteiger partial charge < -0.3 is 0 Å². The Morgan fingerprint density at radius 1 is 1.08 bits per heavy atom. The van der Waals surface area contributed by atoms with E-state index >= 15 is 0 Å². The monoisotopic (exact) mass is 356 g/mol. The summed E-state index contributed by atoms with van der Waals surface area (Å²) in [4.78, 5) is 0.218. The van der Waals surface area contributed by atoms with Crippen molar-refractivity contribution in [2.75, 3.05) is 6.61 Å². The van der Waals surface area contributed by atoms with E-state index in [0.717, 1.165) is 12.0 Å². The van der Waals surface area contributed by atoms with Crippen LogP contribution in [0.15, 0.2) is 65.1 Å². The summed E-state index contributed by atoms with van der Waals surface area (Å²) < 4.78 is 30.0. The average Bonchev–Trinajstić information content (AvgIpc) is 2.58. The molecule has 132 valence electrons. The Morgan fingerprint density at radius 2 is 1.72 bits per heavy atom. The molecule has 1 aliphatic rings. The highest BCUT2D eigenvalue weighted by molar-refractivity contribution is 7.86. The standard InChI is InChI=1S/C21H24O3S/c1-16-9-11-20(12-10-16)25(22,23)24-15-19-14-18(21(19,2)3)13-17-7-5-4-6-8-17/h4-13,19H,14-15H2,1-3H3. The summed E-state index contributed by atoms with van der Waals surface area (Å²) in [6, 6.07) is 17.0. The summed E-state index contributed by atoms with van der Waals surface area (Å²) in [5.74, 6) is 0.197. The van der Waals surface area contributed by atoms with E-state index in [9.17, 15) is 8.42 Å². The van der Waals surface area contributed by atoms with Crippen molar-refractivity contribution in [3.8, 4) is 0 Å². The molecule has 1 aliphatic carbocycles. The number of allylic oxidation sites excluding steroid dienone is 1. The molecule has 0 aromatic heterocycles. The van der Waals surface area contributed by atoms with Gasteiger partial charge in [-0.1, -0.05) is 73.5 Å². The topological polar surface area (TPSA) is 43.4 Å². The number of aryl methyl sites for hydroxylation is 1. The second-order valence-electron chi connectivity index (χ2n) is 7.25. The van der Waals surface area contributed by atoms with Crippen molar-refractivity contribution in [3.05, 3.63) is 71.3 Å². The van der Waals surface area contributed by atoms with Crippen LogP contribution < -0.4 is 0 Å². The second kappa shape index (κ2) is 6.77.